The van der Waals surface area contributed by atoms with Gasteiger partial charge < -0.3 is 11.1 Å². The van der Waals surface area contributed by atoms with Crippen molar-refractivity contribution in [1.82, 2.24) is 20.5 Å². The molecule has 0 fully saturated rings. The van der Waals surface area contributed by atoms with Crippen LogP contribution in [-0.4, -0.2) is 27.6 Å². The summed E-state index contributed by atoms with van der Waals surface area (Å²) in [4.78, 5) is 15.5. The standard InChI is InChI=1S/C12H13N5O/c13-12-15-10(16-17-12)11(18)14-6-8-5-7-3-1-2-4-9(7)8/h1-4,8H,5-6H2,(H,14,18)(H3,13,15,16,17). The number of hydrogen-bond acceptors (Lipinski definition) is 4. The lowest BCUT2D eigenvalue weighted by Crippen LogP contribution is -2.33. The first-order valence-corrected chi connectivity index (χ1v) is 5.78. The molecule has 0 aliphatic heterocycles. The molecular weight excluding hydrogens is 230 g/mol. The van der Waals surface area contributed by atoms with E-state index in [9.17, 15) is 4.79 Å². The number of nitrogen functional groups attached to an aromatic ring is 1. The summed E-state index contributed by atoms with van der Waals surface area (Å²) in [5, 5.41) is 8.93. The van der Waals surface area contributed by atoms with Crippen LogP contribution in [0.15, 0.2) is 24.3 Å². The van der Waals surface area contributed by atoms with E-state index >= 15 is 0 Å². The van der Waals surface area contributed by atoms with E-state index in [1.807, 2.05) is 12.1 Å². The number of anilines is 1. The van der Waals surface area contributed by atoms with Crippen LogP contribution in [0, 0.1) is 0 Å². The van der Waals surface area contributed by atoms with E-state index in [2.05, 4.69) is 32.6 Å². The molecule has 0 saturated carbocycles. The van der Waals surface area contributed by atoms with E-state index in [0.29, 0.717) is 12.5 Å². The number of rotatable bonds is 3. The van der Waals surface area contributed by atoms with Crippen molar-refractivity contribution in [2.24, 2.45) is 0 Å². The maximum Gasteiger partial charge on any atom is 0.288 e. The van der Waals surface area contributed by atoms with Gasteiger partial charge in [0.1, 0.15) is 0 Å². The summed E-state index contributed by atoms with van der Waals surface area (Å²) in [6.07, 6.45) is 1.01. The Morgan fingerprint density at radius 1 is 1.50 bits per heavy atom. The van der Waals surface area contributed by atoms with E-state index < -0.39 is 0 Å². The van der Waals surface area contributed by atoms with Crippen molar-refractivity contribution in [3.8, 4) is 0 Å². The molecule has 0 bridgehead atoms. The number of nitrogens with zero attached hydrogens (tertiary/aromatic N) is 2. The van der Waals surface area contributed by atoms with Crippen molar-refractivity contribution in [2.75, 3.05) is 12.3 Å². The number of fused-ring (bicyclic) bond motifs is 1. The zero-order valence-electron chi connectivity index (χ0n) is 9.68. The van der Waals surface area contributed by atoms with Crippen LogP contribution in [0.25, 0.3) is 0 Å². The Bertz CT molecular complexity index is 592. The number of amides is 1. The Balaban J connectivity index is 1.59. The second-order valence-electron chi connectivity index (χ2n) is 4.35. The third kappa shape index (κ3) is 1.81. The highest BCUT2D eigenvalue weighted by Gasteiger charge is 2.25. The van der Waals surface area contributed by atoms with Gasteiger partial charge in [-0.2, -0.15) is 4.98 Å². The predicted octanol–water partition coefficient (Wildman–Crippen LogP) is 0.457. The maximum atomic E-state index is 11.7. The Morgan fingerprint density at radius 2 is 2.33 bits per heavy atom. The first kappa shape index (κ1) is 10.8. The molecule has 1 aromatic heterocycles. The molecule has 1 unspecified atom stereocenters. The van der Waals surface area contributed by atoms with Crippen LogP contribution < -0.4 is 11.1 Å². The van der Waals surface area contributed by atoms with Gasteiger partial charge in [0.05, 0.1) is 0 Å². The normalized spacial score (nSPS) is 16.8. The van der Waals surface area contributed by atoms with Crippen molar-refractivity contribution in [2.45, 2.75) is 12.3 Å². The maximum absolute atomic E-state index is 11.7. The number of aromatic amines is 1. The van der Waals surface area contributed by atoms with Crippen LogP contribution in [-0.2, 0) is 6.42 Å². The molecule has 6 nitrogen and oxygen atoms in total. The van der Waals surface area contributed by atoms with Crippen molar-refractivity contribution in [1.29, 1.82) is 0 Å². The number of aromatic nitrogens is 3. The minimum absolute atomic E-state index is 0.0779. The summed E-state index contributed by atoms with van der Waals surface area (Å²) in [6, 6.07) is 8.27. The summed E-state index contributed by atoms with van der Waals surface area (Å²) in [5.41, 5.74) is 8.02. The molecule has 2 aromatic rings. The second kappa shape index (κ2) is 4.14. The number of hydrogen-bond donors (Lipinski definition) is 3. The van der Waals surface area contributed by atoms with Gasteiger partial charge in [-0.15, -0.1) is 5.10 Å². The lowest BCUT2D eigenvalue weighted by atomic mass is 9.77. The summed E-state index contributed by atoms with van der Waals surface area (Å²) in [6.45, 7) is 0.608. The van der Waals surface area contributed by atoms with Gasteiger partial charge in [0.15, 0.2) is 0 Å². The van der Waals surface area contributed by atoms with E-state index in [4.69, 9.17) is 5.73 Å². The molecule has 92 valence electrons. The molecule has 4 N–H and O–H groups in total. The minimum atomic E-state index is -0.274. The predicted molar refractivity (Wildman–Crippen MR) is 66.0 cm³/mol. The molecule has 18 heavy (non-hydrogen) atoms. The molecule has 1 amide bonds. The van der Waals surface area contributed by atoms with Gasteiger partial charge in [-0.05, 0) is 17.5 Å². The molecule has 0 radical (unpaired) electrons. The number of nitrogens with one attached hydrogen (secondary N) is 2. The van der Waals surface area contributed by atoms with E-state index in [-0.39, 0.29) is 17.7 Å². The number of benzene rings is 1. The highest BCUT2D eigenvalue weighted by molar-refractivity contribution is 5.90. The fourth-order valence-corrected chi connectivity index (χ4v) is 2.22. The molecule has 1 heterocycles. The minimum Gasteiger partial charge on any atom is -0.366 e. The van der Waals surface area contributed by atoms with Crippen molar-refractivity contribution < 1.29 is 4.79 Å². The van der Waals surface area contributed by atoms with Gasteiger partial charge in [-0.3, -0.25) is 9.89 Å². The molecule has 6 heteroatoms. The topological polar surface area (TPSA) is 96.7 Å². The summed E-state index contributed by atoms with van der Waals surface area (Å²) >= 11 is 0. The molecule has 0 saturated heterocycles. The molecular formula is C12H13N5O. The summed E-state index contributed by atoms with van der Waals surface area (Å²) < 4.78 is 0. The number of H-pyrrole nitrogens is 1. The van der Waals surface area contributed by atoms with Crippen LogP contribution in [0.1, 0.15) is 27.7 Å². The van der Waals surface area contributed by atoms with Gasteiger partial charge in [0.25, 0.3) is 5.91 Å². The fraction of sp³-hybridized carbons (Fsp3) is 0.250. The largest absolute Gasteiger partial charge is 0.366 e. The molecule has 1 aromatic carbocycles. The number of carbonyl (C=O) groups excluding carboxylic acids is 1. The van der Waals surface area contributed by atoms with Gasteiger partial charge in [-0.1, -0.05) is 24.3 Å². The summed E-state index contributed by atoms with van der Waals surface area (Å²) in [7, 11) is 0. The van der Waals surface area contributed by atoms with Crippen LogP contribution in [0.4, 0.5) is 5.95 Å². The Morgan fingerprint density at radius 3 is 3.06 bits per heavy atom. The molecule has 1 aliphatic carbocycles. The Hall–Kier alpha value is -2.37. The molecule has 1 aliphatic rings. The van der Waals surface area contributed by atoms with E-state index in [0.717, 1.165) is 6.42 Å². The van der Waals surface area contributed by atoms with Crippen molar-refractivity contribution in [3.05, 3.63) is 41.2 Å². The van der Waals surface area contributed by atoms with E-state index in [1.54, 1.807) is 0 Å². The first-order valence-electron chi connectivity index (χ1n) is 5.78. The number of nitrogens with two attached hydrogens (primary N) is 1. The highest BCUT2D eigenvalue weighted by Crippen LogP contribution is 2.33. The quantitative estimate of drug-likeness (QED) is 0.729. The third-order valence-corrected chi connectivity index (χ3v) is 3.19. The van der Waals surface area contributed by atoms with Gasteiger partial charge in [-0.25, -0.2) is 0 Å². The molecule has 1 atom stereocenters. The number of carbonyl (C=O) groups is 1. The Kier molecular flexibility index (Phi) is 2.47. The molecule has 3 rings (SSSR count). The van der Waals surface area contributed by atoms with Crippen LogP contribution >= 0.6 is 0 Å². The van der Waals surface area contributed by atoms with Crippen molar-refractivity contribution in [3.63, 3.8) is 0 Å². The smallest absolute Gasteiger partial charge is 0.288 e. The first-order chi connectivity index (χ1) is 8.74. The zero-order chi connectivity index (χ0) is 12.5. The van der Waals surface area contributed by atoms with Crippen LogP contribution in [0.2, 0.25) is 0 Å². The SMILES string of the molecule is Nc1n[nH]c(C(=O)NCC2Cc3ccccc32)n1. The van der Waals surface area contributed by atoms with Crippen LogP contribution in [0.5, 0.6) is 0 Å². The fourth-order valence-electron chi connectivity index (χ4n) is 2.22. The third-order valence-electron chi connectivity index (χ3n) is 3.19. The second-order valence-corrected chi connectivity index (χ2v) is 4.35. The lowest BCUT2D eigenvalue weighted by Gasteiger charge is -2.29. The van der Waals surface area contributed by atoms with Crippen molar-refractivity contribution >= 4 is 11.9 Å². The lowest BCUT2D eigenvalue weighted by molar-refractivity contribution is 0.0940. The average molecular weight is 243 g/mol. The Labute approximate surface area is 104 Å². The molecule has 0 spiro atoms. The zero-order valence-corrected chi connectivity index (χ0v) is 9.68. The highest BCUT2D eigenvalue weighted by atomic mass is 16.2. The average Bonchev–Trinajstić information content (AvgIpc) is 2.77. The summed E-state index contributed by atoms with van der Waals surface area (Å²) in [5.74, 6) is 0.350. The van der Waals surface area contributed by atoms with Gasteiger partial charge >= 0.3 is 0 Å². The van der Waals surface area contributed by atoms with Crippen LogP contribution in [0.3, 0.4) is 0 Å². The van der Waals surface area contributed by atoms with E-state index in [1.165, 1.54) is 11.1 Å². The monoisotopic (exact) mass is 243 g/mol. The van der Waals surface area contributed by atoms with Gasteiger partial charge in [0.2, 0.25) is 11.8 Å². The van der Waals surface area contributed by atoms with Gasteiger partial charge in [0, 0.05) is 12.5 Å².